The lowest BCUT2D eigenvalue weighted by Gasteiger charge is -2.04. The van der Waals surface area contributed by atoms with Crippen LogP contribution in [0.25, 0.3) is 10.2 Å². The summed E-state index contributed by atoms with van der Waals surface area (Å²) in [6, 6.07) is 7.98. The monoisotopic (exact) mass is 279 g/mol. The first-order valence-corrected chi connectivity index (χ1v) is 6.96. The lowest BCUT2D eigenvalue weighted by atomic mass is 10.3. The molecule has 19 heavy (non-hydrogen) atoms. The van der Waals surface area contributed by atoms with Crippen molar-refractivity contribution in [1.29, 1.82) is 0 Å². The summed E-state index contributed by atoms with van der Waals surface area (Å²) in [4.78, 5) is 15.9. The highest BCUT2D eigenvalue weighted by molar-refractivity contribution is 7.22. The Morgan fingerprint density at radius 2 is 2.21 bits per heavy atom. The van der Waals surface area contributed by atoms with Crippen LogP contribution in [0.3, 0.4) is 0 Å². The van der Waals surface area contributed by atoms with Gasteiger partial charge in [0.05, 0.1) is 16.8 Å². The zero-order chi connectivity index (χ0) is 13.5. The van der Waals surface area contributed by atoms with E-state index >= 15 is 0 Å². The van der Waals surface area contributed by atoms with Crippen LogP contribution in [0.5, 0.6) is 0 Å². The number of nitrogens with one attached hydrogen (secondary N) is 2. The van der Waals surface area contributed by atoms with E-state index in [4.69, 9.17) is 4.74 Å². The predicted molar refractivity (Wildman–Crippen MR) is 77.6 cm³/mol. The number of anilines is 1. The number of carbonyl (C=O) groups excluding carboxylic acids is 1. The topological polar surface area (TPSA) is 63.2 Å². The number of amides is 1. The molecular weight excluding hydrogens is 262 g/mol. The molecule has 2 rings (SSSR count). The van der Waals surface area contributed by atoms with E-state index in [0.717, 1.165) is 15.3 Å². The SMILES string of the molecule is COCCNC(=O)CCNc1nc2ccccc2s1. The van der Waals surface area contributed by atoms with Gasteiger partial charge in [-0.2, -0.15) is 0 Å². The van der Waals surface area contributed by atoms with Gasteiger partial charge in [0.1, 0.15) is 0 Å². The lowest BCUT2D eigenvalue weighted by molar-refractivity contribution is -0.121. The molecule has 0 unspecified atom stereocenters. The minimum Gasteiger partial charge on any atom is -0.383 e. The fourth-order valence-corrected chi connectivity index (χ4v) is 2.50. The molecule has 0 saturated carbocycles. The van der Waals surface area contributed by atoms with Crippen molar-refractivity contribution in [3.05, 3.63) is 24.3 Å². The maximum absolute atomic E-state index is 11.5. The quantitative estimate of drug-likeness (QED) is 0.759. The number of aromatic nitrogens is 1. The van der Waals surface area contributed by atoms with Gasteiger partial charge in [-0.1, -0.05) is 23.5 Å². The molecule has 0 aliphatic rings. The van der Waals surface area contributed by atoms with Crippen molar-refractivity contribution in [3.8, 4) is 0 Å². The summed E-state index contributed by atoms with van der Waals surface area (Å²) in [5.74, 6) is 0.0191. The van der Waals surface area contributed by atoms with Gasteiger partial charge in [0, 0.05) is 26.6 Å². The molecule has 1 amide bonds. The van der Waals surface area contributed by atoms with Gasteiger partial charge in [0.25, 0.3) is 0 Å². The number of ether oxygens (including phenoxy) is 1. The van der Waals surface area contributed by atoms with Crippen LogP contribution in [0.1, 0.15) is 6.42 Å². The Morgan fingerprint density at radius 3 is 3.00 bits per heavy atom. The molecule has 6 heteroatoms. The first kappa shape index (κ1) is 13.8. The highest BCUT2D eigenvalue weighted by atomic mass is 32.1. The van der Waals surface area contributed by atoms with Crippen LogP contribution < -0.4 is 10.6 Å². The molecule has 1 aromatic carbocycles. The second-order valence-electron chi connectivity index (χ2n) is 4.01. The number of rotatable bonds is 7. The molecule has 1 heterocycles. The summed E-state index contributed by atoms with van der Waals surface area (Å²) >= 11 is 1.60. The van der Waals surface area contributed by atoms with Crippen LogP contribution in [0, 0.1) is 0 Å². The Balaban J connectivity index is 1.74. The maximum Gasteiger partial charge on any atom is 0.221 e. The van der Waals surface area contributed by atoms with Gasteiger partial charge < -0.3 is 15.4 Å². The predicted octanol–water partition coefficient (Wildman–Crippen LogP) is 1.86. The number of hydrogen-bond acceptors (Lipinski definition) is 5. The van der Waals surface area contributed by atoms with Crippen LogP contribution in [0.2, 0.25) is 0 Å². The third kappa shape index (κ3) is 4.18. The molecule has 0 aliphatic heterocycles. The average molecular weight is 279 g/mol. The first-order chi connectivity index (χ1) is 9.29. The average Bonchev–Trinajstić information content (AvgIpc) is 2.81. The smallest absolute Gasteiger partial charge is 0.221 e. The van der Waals surface area contributed by atoms with Crippen molar-refractivity contribution in [1.82, 2.24) is 10.3 Å². The highest BCUT2D eigenvalue weighted by Gasteiger charge is 2.04. The number of methoxy groups -OCH3 is 1. The molecule has 0 fully saturated rings. The summed E-state index contributed by atoms with van der Waals surface area (Å²) in [7, 11) is 1.61. The van der Waals surface area contributed by atoms with Crippen LogP contribution in [0.4, 0.5) is 5.13 Å². The molecule has 0 bridgehead atoms. The number of para-hydroxylation sites is 1. The number of nitrogens with zero attached hydrogens (tertiary/aromatic N) is 1. The van der Waals surface area contributed by atoms with Crippen molar-refractivity contribution in [3.63, 3.8) is 0 Å². The minimum absolute atomic E-state index is 0.0191. The van der Waals surface area contributed by atoms with E-state index < -0.39 is 0 Å². The number of fused-ring (bicyclic) bond motifs is 1. The zero-order valence-corrected chi connectivity index (χ0v) is 11.6. The van der Waals surface area contributed by atoms with Gasteiger partial charge in [0.2, 0.25) is 5.91 Å². The van der Waals surface area contributed by atoms with E-state index in [9.17, 15) is 4.79 Å². The fraction of sp³-hybridized carbons (Fsp3) is 0.385. The molecule has 0 spiro atoms. The maximum atomic E-state index is 11.5. The summed E-state index contributed by atoms with van der Waals surface area (Å²) in [6.07, 6.45) is 0.430. The van der Waals surface area contributed by atoms with Gasteiger partial charge in [-0.25, -0.2) is 4.98 Å². The zero-order valence-electron chi connectivity index (χ0n) is 10.8. The fourth-order valence-electron chi connectivity index (χ4n) is 1.61. The Labute approximate surface area is 116 Å². The van der Waals surface area contributed by atoms with Crippen LogP contribution in [0.15, 0.2) is 24.3 Å². The molecule has 102 valence electrons. The van der Waals surface area contributed by atoms with E-state index in [0.29, 0.717) is 26.1 Å². The summed E-state index contributed by atoms with van der Waals surface area (Å²) in [6.45, 7) is 1.67. The first-order valence-electron chi connectivity index (χ1n) is 6.14. The van der Waals surface area contributed by atoms with Gasteiger partial charge in [-0.3, -0.25) is 4.79 Å². The molecule has 2 aromatic rings. The Kier molecular flexibility index (Phi) is 5.11. The highest BCUT2D eigenvalue weighted by Crippen LogP contribution is 2.25. The molecule has 2 N–H and O–H groups in total. The van der Waals surface area contributed by atoms with Crippen molar-refractivity contribution in [2.75, 3.05) is 32.1 Å². The number of carbonyl (C=O) groups is 1. The van der Waals surface area contributed by atoms with Gasteiger partial charge >= 0.3 is 0 Å². The van der Waals surface area contributed by atoms with Gasteiger partial charge in [-0.15, -0.1) is 0 Å². The van der Waals surface area contributed by atoms with E-state index in [1.54, 1.807) is 18.4 Å². The van der Waals surface area contributed by atoms with Crippen molar-refractivity contribution in [2.45, 2.75) is 6.42 Å². The largest absolute Gasteiger partial charge is 0.383 e. The second kappa shape index (κ2) is 7.06. The Morgan fingerprint density at radius 1 is 1.37 bits per heavy atom. The van der Waals surface area contributed by atoms with E-state index in [2.05, 4.69) is 15.6 Å². The van der Waals surface area contributed by atoms with Gasteiger partial charge in [0.15, 0.2) is 5.13 Å². The van der Waals surface area contributed by atoms with E-state index in [1.165, 1.54) is 0 Å². The van der Waals surface area contributed by atoms with Crippen LogP contribution in [-0.4, -0.2) is 37.7 Å². The van der Waals surface area contributed by atoms with Crippen molar-refractivity contribution < 1.29 is 9.53 Å². The minimum atomic E-state index is 0.0191. The van der Waals surface area contributed by atoms with Crippen LogP contribution in [-0.2, 0) is 9.53 Å². The lowest BCUT2D eigenvalue weighted by Crippen LogP contribution is -2.28. The summed E-state index contributed by atoms with van der Waals surface area (Å²) < 4.78 is 6.01. The summed E-state index contributed by atoms with van der Waals surface area (Å²) in [5.41, 5.74) is 0.986. The van der Waals surface area contributed by atoms with E-state index in [-0.39, 0.29) is 5.91 Å². The van der Waals surface area contributed by atoms with Crippen molar-refractivity contribution in [2.24, 2.45) is 0 Å². The standard InChI is InChI=1S/C13H17N3O2S/c1-18-9-8-14-12(17)6-7-15-13-16-10-4-2-3-5-11(10)19-13/h2-5H,6-9H2,1H3,(H,14,17)(H,15,16). The van der Waals surface area contributed by atoms with Crippen LogP contribution >= 0.6 is 11.3 Å². The normalized spacial score (nSPS) is 10.6. The number of benzene rings is 1. The molecule has 0 saturated heterocycles. The third-order valence-corrected chi connectivity index (χ3v) is 3.54. The van der Waals surface area contributed by atoms with Gasteiger partial charge in [-0.05, 0) is 12.1 Å². The molecule has 1 aromatic heterocycles. The molecule has 5 nitrogen and oxygen atoms in total. The van der Waals surface area contributed by atoms with Crippen molar-refractivity contribution >= 4 is 32.6 Å². The number of hydrogen-bond donors (Lipinski definition) is 2. The third-order valence-electron chi connectivity index (χ3n) is 2.55. The second-order valence-corrected chi connectivity index (χ2v) is 5.04. The molecule has 0 radical (unpaired) electrons. The number of thiazole rings is 1. The van der Waals surface area contributed by atoms with E-state index in [1.807, 2.05) is 24.3 Å². The molecular formula is C13H17N3O2S. The molecule has 0 atom stereocenters. The Bertz CT molecular complexity index is 508. The Hall–Kier alpha value is -1.66. The summed E-state index contributed by atoms with van der Waals surface area (Å²) in [5, 5.41) is 6.80. The molecule has 0 aliphatic carbocycles.